The minimum Gasteiger partial charge on any atom is -0.497 e. The van der Waals surface area contributed by atoms with Crippen LogP contribution in [0.2, 0.25) is 5.02 Å². The number of ether oxygens (including phenoxy) is 1. The van der Waals surface area contributed by atoms with E-state index in [-0.39, 0.29) is 11.4 Å². The number of hydrogen-bond acceptors (Lipinski definition) is 4. The lowest BCUT2D eigenvalue weighted by molar-refractivity contribution is 0.101. The second kappa shape index (κ2) is 8.33. The number of anilines is 2. The van der Waals surface area contributed by atoms with Crippen molar-refractivity contribution in [3.63, 3.8) is 0 Å². The van der Waals surface area contributed by atoms with Gasteiger partial charge in [0.05, 0.1) is 7.11 Å². The Morgan fingerprint density at radius 3 is 2.04 bits per heavy atom. The summed E-state index contributed by atoms with van der Waals surface area (Å²) in [5, 5.41) is 5.93. The van der Waals surface area contributed by atoms with Crippen LogP contribution in [0.4, 0.5) is 11.4 Å². The topological polar surface area (TPSA) is 80.3 Å². The highest BCUT2D eigenvalue weighted by Gasteiger charge is 2.13. The predicted octanol–water partition coefficient (Wildman–Crippen LogP) is 4.25. The summed E-state index contributed by atoms with van der Waals surface area (Å²) in [7, 11) is 1.57. The highest BCUT2D eigenvalue weighted by molar-refractivity contribution is 6.31. The maximum atomic E-state index is 12.4. The Bertz CT molecular complexity index is 974. The average Bonchev–Trinajstić information content (AvgIpc) is 2.68. The summed E-state index contributed by atoms with van der Waals surface area (Å²) < 4.78 is 5.08. The number of benzene rings is 2. The Kier molecular flexibility index (Phi) is 5.68. The fourth-order valence-electron chi connectivity index (χ4n) is 2.32. The van der Waals surface area contributed by atoms with E-state index in [4.69, 9.17) is 16.3 Å². The molecular formula is C20H16ClN3O3. The highest BCUT2D eigenvalue weighted by atomic mass is 35.5. The standard InChI is InChI=1S/C20H16ClN3O3/c1-27-16-10-8-14(9-11-16)22-19(25)17-6-3-7-18(24-17)20(26)23-15-5-2-4-13(21)12-15/h2-12H,1H3,(H,22,25)(H,23,26). The van der Waals surface area contributed by atoms with Gasteiger partial charge in [-0.2, -0.15) is 0 Å². The first-order valence-corrected chi connectivity index (χ1v) is 8.42. The van der Waals surface area contributed by atoms with E-state index < -0.39 is 11.8 Å². The molecule has 2 N–H and O–H groups in total. The molecule has 2 amide bonds. The van der Waals surface area contributed by atoms with E-state index >= 15 is 0 Å². The first-order chi connectivity index (χ1) is 13.0. The number of hydrogen-bond donors (Lipinski definition) is 2. The normalized spacial score (nSPS) is 10.1. The Morgan fingerprint density at radius 2 is 1.44 bits per heavy atom. The van der Waals surface area contributed by atoms with Gasteiger partial charge in [0.1, 0.15) is 17.1 Å². The third kappa shape index (κ3) is 4.83. The fourth-order valence-corrected chi connectivity index (χ4v) is 2.51. The molecular weight excluding hydrogens is 366 g/mol. The number of carbonyl (C=O) groups excluding carboxylic acids is 2. The maximum Gasteiger partial charge on any atom is 0.274 e. The van der Waals surface area contributed by atoms with Crippen molar-refractivity contribution in [2.45, 2.75) is 0 Å². The van der Waals surface area contributed by atoms with Crippen molar-refractivity contribution in [2.75, 3.05) is 17.7 Å². The molecule has 0 bridgehead atoms. The van der Waals surface area contributed by atoms with E-state index in [1.807, 2.05) is 0 Å². The van der Waals surface area contributed by atoms with Crippen molar-refractivity contribution in [2.24, 2.45) is 0 Å². The van der Waals surface area contributed by atoms with Gasteiger partial charge in [-0.15, -0.1) is 0 Å². The van der Waals surface area contributed by atoms with Gasteiger partial charge >= 0.3 is 0 Å². The van der Waals surface area contributed by atoms with E-state index in [2.05, 4.69) is 15.6 Å². The van der Waals surface area contributed by atoms with Gasteiger partial charge in [-0.25, -0.2) is 4.98 Å². The molecule has 0 aliphatic carbocycles. The number of pyridine rings is 1. The summed E-state index contributed by atoms with van der Waals surface area (Å²) in [6.07, 6.45) is 0. The number of rotatable bonds is 5. The van der Waals surface area contributed by atoms with Gasteiger partial charge in [-0.05, 0) is 54.6 Å². The van der Waals surface area contributed by atoms with Crippen LogP contribution in [-0.2, 0) is 0 Å². The van der Waals surface area contributed by atoms with Crippen LogP contribution >= 0.6 is 11.6 Å². The molecule has 0 spiro atoms. The van der Waals surface area contributed by atoms with Gasteiger partial charge in [-0.3, -0.25) is 9.59 Å². The molecule has 6 nitrogen and oxygen atoms in total. The van der Waals surface area contributed by atoms with Crippen molar-refractivity contribution in [3.8, 4) is 5.75 Å². The number of carbonyl (C=O) groups is 2. The molecule has 0 unspecified atom stereocenters. The van der Waals surface area contributed by atoms with Crippen LogP contribution in [0.15, 0.2) is 66.7 Å². The molecule has 0 fully saturated rings. The lowest BCUT2D eigenvalue weighted by Gasteiger charge is -2.08. The van der Waals surface area contributed by atoms with E-state index in [0.29, 0.717) is 22.1 Å². The Morgan fingerprint density at radius 1 is 0.852 bits per heavy atom. The summed E-state index contributed by atoms with van der Waals surface area (Å²) >= 11 is 5.91. The number of aromatic nitrogens is 1. The molecule has 1 heterocycles. The second-order valence-electron chi connectivity index (χ2n) is 5.56. The van der Waals surface area contributed by atoms with Crippen molar-refractivity contribution in [3.05, 3.63) is 83.1 Å². The Labute approximate surface area is 161 Å². The van der Waals surface area contributed by atoms with Gasteiger partial charge in [0.15, 0.2) is 0 Å². The third-order valence-corrected chi connectivity index (χ3v) is 3.88. The van der Waals surface area contributed by atoms with Crippen LogP contribution in [0.1, 0.15) is 21.0 Å². The number of amides is 2. The Hall–Kier alpha value is -3.38. The van der Waals surface area contributed by atoms with Crippen LogP contribution in [0.5, 0.6) is 5.75 Å². The molecule has 7 heteroatoms. The zero-order chi connectivity index (χ0) is 19.2. The molecule has 3 rings (SSSR count). The summed E-state index contributed by atoms with van der Waals surface area (Å²) in [5.74, 6) is -0.167. The first-order valence-electron chi connectivity index (χ1n) is 8.04. The quantitative estimate of drug-likeness (QED) is 0.692. The molecule has 0 saturated heterocycles. The summed E-state index contributed by atoms with van der Waals surface area (Å²) in [4.78, 5) is 28.9. The molecule has 0 saturated carbocycles. The molecule has 27 heavy (non-hydrogen) atoms. The van der Waals surface area contributed by atoms with Crippen LogP contribution in [0, 0.1) is 0 Å². The number of halogens is 1. The number of nitrogens with one attached hydrogen (secondary N) is 2. The molecule has 0 aliphatic heterocycles. The number of nitrogens with zero attached hydrogens (tertiary/aromatic N) is 1. The maximum absolute atomic E-state index is 12.4. The minimum atomic E-state index is -0.434. The Balaban J connectivity index is 1.71. The highest BCUT2D eigenvalue weighted by Crippen LogP contribution is 2.17. The summed E-state index contributed by atoms with van der Waals surface area (Å²) in [5.41, 5.74) is 1.39. The zero-order valence-electron chi connectivity index (χ0n) is 14.4. The smallest absolute Gasteiger partial charge is 0.274 e. The molecule has 1 aromatic heterocycles. The molecule has 0 radical (unpaired) electrons. The molecule has 0 atom stereocenters. The van der Waals surface area contributed by atoms with Crippen LogP contribution in [0.25, 0.3) is 0 Å². The van der Waals surface area contributed by atoms with E-state index in [9.17, 15) is 9.59 Å². The predicted molar refractivity (Wildman–Crippen MR) is 105 cm³/mol. The van der Waals surface area contributed by atoms with E-state index in [1.54, 1.807) is 61.7 Å². The third-order valence-electron chi connectivity index (χ3n) is 3.64. The SMILES string of the molecule is COc1ccc(NC(=O)c2cccc(C(=O)Nc3cccc(Cl)c3)n2)cc1. The van der Waals surface area contributed by atoms with Gasteiger partial charge in [0, 0.05) is 16.4 Å². The molecule has 3 aromatic rings. The van der Waals surface area contributed by atoms with E-state index in [0.717, 1.165) is 0 Å². The average molecular weight is 382 g/mol. The van der Waals surface area contributed by atoms with E-state index in [1.165, 1.54) is 12.1 Å². The molecule has 0 aliphatic rings. The largest absolute Gasteiger partial charge is 0.497 e. The zero-order valence-corrected chi connectivity index (χ0v) is 15.2. The molecule has 136 valence electrons. The summed E-state index contributed by atoms with van der Waals surface area (Å²) in [6.45, 7) is 0. The monoisotopic (exact) mass is 381 g/mol. The number of methoxy groups -OCH3 is 1. The van der Waals surface area contributed by atoms with Gasteiger partial charge in [0.25, 0.3) is 11.8 Å². The summed E-state index contributed by atoms with van der Waals surface area (Å²) in [6, 6.07) is 18.3. The van der Waals surface area contributed by atoms with Crippen molar-refractivity contribution >= 4 is 34.8 Å². The second-order valence-corrected chi connectivity index (χ2v) is 5.99. The van der Waals surface area contributed by atoms with Gasteiger partial charge in [0.2, 0.25) is 0 Å². The lowest BCUT2D eigenvalue weighted by Crippen LogP contribution is -2.18. The first kappa shape index (κ1) is 18.4. The lowest BCUT2D eigenvalue weighted by atomic mass is 10.2. The molecule has 2 aromatic carbocycles. The van der Waals surface area contributed by atoms with Crippen LogP contribution in [-0.4, -0.2) is 23.9 Å². The fraction of sp³-hybridized carbons (Fsp3) is 0.0500. The van der Waals surface area contributed by atoms with Crippen molar-refractivity contribution in [1.29, 1.82) is 0 Å². The van der Waals surface area contributed by atoms with Crippen molar-refractivity contribution in [1.82, 2.24) is 4.98 Å². The van der Waals surface area contributed by atoms with Crippen LogP contribution in [0.3, 0.4) is 0 Å². The van der Waals surface area contributed by atoms with Gasteiger partial charge < -0.3 is 15.4 Å². The minimum absolute atomic E-state index is 0.123. The van der Waals surface area contributed by atoms with Crippen LogP contribution < -0.4 is 15.4 Å². The van der Waals surface area contributed by atoms with Crippen molar-refractivity contribution < 1.29 is 14.3 Å². The van der Waals surface area contributed by atoms with Gasteiger partial charge in [-0.1, -0.05) is 23.7 Å².